The van der Waals surface area contributed by atoms with Crippen LogP contribution < -0.4 is 10.6 Å². The number of hydrogen-bond donors (Lipinski definition) is 2. The van der Waals surface area contributed by atoms with Crippen molar-refractivity contribution in [1.82, 2.24) is 25.4 Å². The molecule has 2 saturated carbocycles. The third-order valence-electron chi connectivity index (χ3n) is 6.39. The minimum atomic E-state index is 0. The molecule has 0 aliphatic heterocycles. The first-order valence-corrected chi connectivity index (χ1v) is 10.9. The fourth-order valence-corrected chi connectivity index (χ4v) is 4.60. The molecule has 0 spiro atoms. The van der Waals surface area contributed by atoms with Gasteiger partial charge in [0.2, 0.25) is 0 Å². The van der Waals surface area contributed by atoms with Crippen molar-refractivity contribution in [3.05, 3.63) is 11.6 Å². The van der Waals surface area contributed by atoms with Gasteiger partial charge < -0.3 is 15.2 Å². The maximum Gasteiger partial charge on any atom is 0.191 e. The van der Waals surface area contributed by atoms with Crippen LogP contribution in [0.25, 0.3) is 0 Å². The van der Waals surface area contributed by atoms with Gasteiger partial charge in [-0.05, 0) is 50.4 Å². The number of halogens is 1. The summed E-state index contributed by atoms with van der Waals surface area (Å²) in [4.78, 5) is 4.87. The molecular weight excluding hydrogens is 463 g/mol. The number of nitrogens with zero attached hydrogens (tertiary/aromatic N) is 4. The van der Waals surface area contributed by atoms with Gasteiger partial charge in [-0.15, -0.1) is 34.2 Å². The zero-order valence-corrected chi connectivity index (χ0v) is 20.5. The van der Waals surface area contributed by atoms with Crippen LogP contribution in [0.5, 0.6) is 0 Å². The van der Waals surface area contributed by atoms with E-state index in [4.69, 9.17) is 4.99 Å². The predicted octanol–water partition coefficient (Wildman–Crippen LogP) is 4.33. The lowest BCUT2D eigenvalue weighted by atomic mass is 9.64. The van der Waals surface area contributed by atoms with E-state index in [-0.39, 0.29) is 24.0 Å². The standard InChI is InChI=1S/C21H38N6.HI/c1-16(2)13-21(11-8-12-21)15-23-20(24-18-9-6-5-7-10-18)22-14-19-26-25-17(3)27(19)4;/h16,18H,5-15H2,1-4H3,(H2,22,23,24);1H. The van der Waals surface area contributed by atoms with Crippen molar-refractivity contribution in [2.45, 2.75) is 91.1 Å². The molecule has 160 valence electrons. The molecule has 0 radical (unpaired) electrons. The zero-order chi connectivity index (χ0) is 19.3. The van der Waals surface area contributed by atoms with Gasteiger partial charge in [0.15, 0.2) is 11.8 Å². The fraction of sp³-hybridized carbons (Fsp3) is 0.857. The van der Waals surface area contributed by atoms with Crippen molar-refractivity contribution in [1.29, 1.82) is 0 Å². The topological polar surface area (TPSA) is 67.1 Å². The van der Waals surface area contributed by atoms with Gasteiger partial charge in [0.25, 0.3) is 0 Å². The Labute approximate surface area is 187 Å². The van der Waals surface area contributed by atoms with E-state index in [0.717, 1.165) is 30.1 Å². The molecule has 1 aromatic rings. The normalized spacial score (nSPS) is 19.8. The third kappa shape index (κ3) is 6.32. The molecular formula is C21H39IN6. The number of hydrogen-bond acceptors (Lipinski definition) is 3. The number of nitrogens with one attached hydrogen (secondary N) is 2. The van der Waals surface area contributed by atoms with E-state index in [9.17, 15) is 0 Å². The highest BCUT2D eigenvalue weighted by molar-refractivity contribution is 14.0. The molecule has 2 fully saturated rings. The van der Waals surface area contributed by atoms with Gasteiger partial charge in [0.1, 0.15) is 12.4 Å². The summed E-state index contributed by atoms with van der Waals surface area (Å²) in [7, 11) is 2.01. The summed E-state index contributed by atoms with van der Waals surface area (Å²) in [5.74, 6) is 3.55. The van der Waals surface area contributed by atoms with E-state index in [1.54, 1.807) is 0 Å². The number of aryl methyl sites for hydroxylation is 1. The first-order valence-electron chi connectivity index (χ1n) is 10.9. The largest absolute Gasteiger partial charge is 0.356 e. The van der Waals surface area contributed by atoms with Gasteiger partial charge in [-0.1, -0.05) is 39.5 Å². The van der Waals surface area contributed by atoms with Crippen LogP contribution in [0.4, 0.5) is 0 Å². The molecule has 0 aromatic carbocycles. The zero-order valence-electron chi connectivity index (χ0n) is 18.1. The summed E-state index contributed by atoms with van der Waals surface area (Å²) in [6.45, 7) is 8.25. The number of aliphatic imine (C=N–C) groups is 1. The Balaban J connectivity index is 0.00000280. The molecule has 0 bridgehead atoms. The summed E-state index contributed by atoms with van der Waals surface area (Å²) < 4.78 is 2.02. The van der Waals surface area contributed by atoms with E-state index in [1.807, 2.05) is 18.5 Å². The van der Waals surface area contributed by atoms with Crippen LogP contribution in [0.2, 0.25) is 0 Å². The van der Waals surface area contributed by atoms with Crippen molar-refractivity contribution in [3.63, 3.8) is 0 Å². The maximum atomic E-state index is 4.87. The Bertz CT molecular complexity index is 629. The van der Waals surface area contributed by atoms with Crippen molar-refractivity contribution >= 4 is 29.9 Å². The average Bonchev–Trinajstić information content (AvgIpc) is 2.94. The average molecular weight is 502 g/mol. The third-order valence-corrected chi connectivity index (χ3v) is 6.39. The summed E-state index contributed by atoms with van der Waals surface area (Å²) in [5.41, 5.74) is 0.463. The van der Waals surface area contributed by atoms with Crippen LogP contribution in [-0.4, -0.2) is 33.3 Å². The van der Waals surface area contributed by atoms with Gasteiger partial charge in [-0.25, -0.2) is 4.99 Å². The molecule has 0 unspecified atom stereocenters. The molecule has 2 aliphatic carbocycles. The Morgan fingerprint density at radius 3 is 2.43 bits per heavy atom. The van der Waals surface area contributed by atoms with Crippen molar-refractivity contribution < 1.29 is 0 Å². The Kier molecular flexibility index (Phi) is 9.02. The molecule has 2 N–H and O–H groups in total. The lowest BCUT2D eigenvalue weighted by Gasteiger charge is -2.44. The SMILES string of the molecule is Cc1nnc(CN=C(NCC2(CC(C)C)CCC2)NC2CCCCC2)n1C.I. The van der Waals surface area contributed by atoms with Crippen molar-refractivity contribution in [2.75, 3.05) is 6.54 Å². The molecule has 0 amide bonds. The van der Waals surface area contributed by atoms with Crippen LogP contribution >= 0.6 is 24.0 Å². The molecule has 2 aliphatic rings. The molecule has 1 heterocycles. The molecule has 0 atom stereocenters. The Morgan fingerprint density at radius 2 is 1.89 bits per heavy atom. The molecule has 7 heteroatoms. The second kappa shape index (κ2) is 10.8. The van der Waals surface area contributed by atoms with Gasteiger partial charge in [-0.3, -0.25) is 0 Å². The van der Waals surface area contributed by atoms with E-state index in [2.05, 4.69) is 34.7 Å². The quantitative estimate of drug-likeness (QED) is 0.331. The van der Waals surface area contributed by atoms with Crippen LogP contribution in [0.3, 0.4) is 0 Å². The summed E-state index contributed by atoms with van der Waals surface area (Å²) in [6, 6.07) is 0.550. The lowest BCUT2D eigenvalue weighted by molar-refractivity contribution is 0.104. The summed E-state index contributed by atoms with van der Waals surface area (Å²) >= 11 is 0. The van der Waals surface area contributed by atoms with Gasteiger partial charge in [0, 0.05) is 19.6 Å². The van der Waals surface area contributed by atoms with E-state index in [0.29, 0.717) is 18.0 Å². The first-order chi connectivity index (χ1) is 13.0. The monoisotopic (exact) mass is 502 g/mol. The second-order valence-electron chi connectivity index (χ2n) is 9.17. The maximum absolute atomic E-state index is 4.87. The molecule has 1 aromatic heterocycles. The minimum absolute atomic E-state index is 0. The molecule has 0 saturated heterocycles. The lowest BCUT2D eigenvalue weighted by Crippen LogP contribution is -2.49. The van der Waals surface area contributed by atoms with Crippen molar-refractivity contribution in [3.8, 4) is 0 Å². The number of aromatic nitrogens is 3. The number of rotatable bonds is 7. The van der Waals surface area contributed by atoms with Crippen LogP contribution in [-0.2, 0) is 13.6 Å². The summed E-state index contributed by atoms with van der Waals surface area (Å²) in [5, 5.41) is 15.8. The van der Waals surface area contributed by atoms with Crippen molar-refractivity contribution in [2.24, 2.45) is 23.4 Å². The Morgan fingerprint density at radius 1 is 1.18 bits per heavy atom. The minimum Gasteiger partial charge on any atom is -0.356 e. The predicted molar refractivity (Wildman–Crippen MR) is 126 cm³/mol. The second-order valence-corrected chi connectivity index (χ2v) is 9.17. The Hall–Kier alpha value is -0.860. The summed E-state index contributed by atoms with van der Waals surface area (Å²) in [6.07, 6.45) is 11.9. The van der Waals surface area contributed by atoms with Gasteiger partial charge >= 0.3 is 0 Å². The van der Waals surface area contributed by atoms with Gasteiger partial charge in [-0.2, -0.15) is 0 Å². The van der Waals surface area contributed by atoms with Crippen LogP contribution in [0, 0.1) is 18.3 Å². The molecule has 6 nitrogen and oxygen atoms in total. The molecule has 28 heavy (non-hydrogen) atoms. The van der Waals surface area contributed by atoms with Gasteiger partial charge in [0.05, 0.1) is 0 Å². The van der Waals surface area contributed by atoms with E-state index < -0.39 is 0 Å². The smallest absolute Gasteiger partial charge is 0.191 e. The van der Waals surface area contributed by atoms with Crippen LogP contribution in [0.15, 0.2) is 4.99 Å². The van der Waals surface area contributed by atoms with E-state index >= 15 is 0 Å². The fourth-order valence-electron chi connectivity index (χ4n) is 4.60. The highest BCUT2D eigenvalue weighted by Gasteiger charge is 2.37. The highest BCUT2D eigenvalue weighted by Crippen LogP contribution is 2.45. The first kappa shape index (κ1) is 23.4. The van der Waals surface area contributed by atoms with Crippen LogP contribution in [0.1, 0.15) is 83.3 Å². The number of guanidine groups is 1. The van der Waals surface area contributed by atoms with E-state index in [1.165, 1.54) is 57.8 Å². The molecule has 3 rings (SSSR count). The highest BCUT2D eigenvalue weighted by atomic mass is 127.